The van der Waals surface area contributed by atoms with Crippen LogP contribution in [-0.4, -0.2) is 19.9 Å². The molecule has 0 atom stereocenters. The van der Waals surface area contributed by atoms with E-state index in [-0.39, 0.29) is 12.8 Å². The van der Waals surface area contributed by atoms with Crippen LogP contribution < -0.4 is 23.5 Å². The number of carbonyl (C=O) groups excluding carboxylic acids is 1. The number of nitrogens with zero attached hydrogens (tertiary/aromatic N) is 1. The third-order valence-electron chi connectivity index (χ3n) is 7.44. The average molecular weight is 447 g/mol. The molecule has 3 aromatic rings. The van der Waals surface area contributed by atoms with Crippen LogP contribution in [0, 0.1) is 5.41 Å². The summed E-state index contributed by atoms with van der Waals surface area (Å²) in [4.78, 5) is 13.3. The maximum Gasteiger partial charge on any atom is 0.317 e. The van der Waals surface area contributed by atoms with Crippen LogP contribution in [0.25, 0.3) is 22.0 Å². The quantitative estimate of drug-likeness (QED) is 0.323. The molecule has 3 aliphatic rings. The Morgan fingerprint density at radius 2 is 1.85 bits per heavy atom. The lowest BCUT2D eigenvalue weighted by atomic mass is 9.76. The van der Waals surface area contributed by atoms with Gasteiger partial charge in [0, 0.05) is 12.5 Å². The minimum absolute atomic E-state index is 0.159. The summed E-state index contributed by atoms with van der Waals surface area (Å²) in [5.41, 5.74) is 3.08. The van der Waals surface area contributed by atoms with Crippen LogP contribution in [-0.2, 0) is 17.8 Å². The first-order chi connectivity index (χ1) is 16.1. The number of aryl methyl sites for hydroxylation is 2. The van der Waals surface area contributed by atoms with Gasteiger partial charge in [-0.1, -0.05) is 19.3 Å². The number of pyridine rings is 1. The first kappa shape index (κ1) is 20.3. The van der Waals surface area contributed by atoms with Crippen molar-refractivity contribution in [1.82, 2.24) is 0 Å². The van der Waals surface area contributed by atoms with Gasteiger partial charge in [-0.3, -0.25) is 4.79 Å². The Hall–Kier alpha value is -3.28. The fourth-order valence-corrected chi connectivity index (χ4v) is 5.42. The molecule has 2 aliphatic heterocycles. The lowest BCUT2D eigenvalue weighted by molar-refractivity contribution is -0.686. The van der Waals surface area contributed by atoms with E-state index in [2.05, 4.69) is 29.0 Å². The monoisotopic (exact) mass is 446 g/mol. The SMILES string of the molecule is COc1ccc2cc3[n+](cc2c1OC(=O)C1(C)CCCCC1)CCc1cc2c(cc1-3)OCO2. The molecular weight excluding hydrogens is 418 g/mol. The van der Waals surface area contributed by atoms with Crippen LogP contribution in [0.4, 0.5) is 0 Å². The van der Waals surface area contributed by atoms with Crippen molar-refractivity contribution < 1.29 is 28.3 Å². The summed E-state index contributed by atoms with van der Waals surface area (Å²) < 4.78 is 25.1. The normalized spacial score (nSPS) is 17.9. The summed E-state index contributed by atoms with van der Waals surface area (Å²) >= 11 is 0. The van der Waals surface area contributed by atoms with Crippen molar-refractivity contribution in [2.75, 3.05) is 13.9 Å². The van der Waals surface area contributed by atoms with Gasteiger partial charge in [0.15, 0.2) is 35.7 Å². The summed E-state index contributed by atoms with van der Waals surface area (Å²) in [6, 6.07) is 10.2. The van der Waals surface area contributed by atoms with Crippen LogP contribution in [0.15, 0.2) is 36.5 Å². The van der Waals surface area contributed by atoms with Gasteiger partial charge in [0.1, 0.15) is 0 Å². The Morgan fingerprint density at radius 3 is 2.64 bits per heavy atom. The van der Waals surface area contributed by atoms with Crippen LogP contribution in [0.1, 0.15) is 44.6 Å². The van der Waals surface area contributed by atoms with E-state index in [1.165, 1.54) is 12.0 Å². The number of fused-ring (bicyclic) bond motifs is 5. The molecule has 0 saturated heterocycles. The molecule has 0 bridgehead atoms. The van der Waals surface area contributed by atoms with Crippen LogP contribution in [0.5, 0.6) is 23.0 Å². The zero-order valence-corrected chi connectivity index (χ0v) is 19.1. The molecule has 6 heteroatoms. The molecule has 1 aromatic heterocycles. The van der Waals surface area contributed by atoms with E-state index in [4.69, 9.17) is 18.9 Å². The molecule has 6 nitrogen and oxygen atoms in total. The second kappa shape index (κ2) is 7.65. The molecule has 1 saturated carbocycles. The van der Waals surface area contributed by atoms with E-state index in [0.717, 1.165) is 72.2 Å². The standard InChI is InChI=1S/C27H28NO5/c1-27(9-4-3-5-10-27)26(29)33-25-20-15-28-11-8-18-13-23-24(32-16-31-23)14-19(18)21(28)12-17(20)6-7-22(25)30-2/h6-7,12-15H,3-5,8-11,16H2,1-2H3/q+1. The highest BCUT2D eigenvalue weighted by Gasteiger charge is 2.37. The fourth-order valence-electron chi connectivity index (χ4n) is 5.42. The van der Waals surface area contributed by atoms with Crippen molar-refractivity contribution in [3.63, 3.8) is 0 Å². The lowest BCUT2D eigenvalue weighted by Crippen LogP contribution is -2.40. The number of methoxy groups -OCH3 is 1. The van der Waals surface area contributed by atoms with E-state index >= 15 is 0 Å². The first-order valence-electron chi connectivity index (χ1n) is 11.8. The zero-order valence-electron chi connectivity index (χ0n) is 19.1. The van der Waals surface area contributed by atoms with Crippen LogP contribution in [0.2, 0.25) is 0 Å². The number of hydrogen-bond donors (Lipinski definition) is 0. The number of esters is 1. The predicted octanol–water partition coefficient (Wildman–Crippen LogP) is 4.96. The van der Waals surface area contributed by atoms with Crippen molar-refractivity contribution in [3.05, 3.63) is 42.1 Å². The maximum atomic E-state index is 13.3. The van der Waals surface area contributed by atoms with Crippen molar-refractivity contribution >= 4 is 16.7 Å². The number of aromatic nitrogens is 1. The average Bonchev–Trinajstić information content (AvgIpc) is 3.29. The number of benzene rings is 2. The van der Waals surface area contributed by atoms with Crippen molar-refractivity contribution in [2.24, 2.45) is 5.41 Å². The van der Waals surface area contributed by atoms with Crippen LogP contribution in [0.3, 0.4) is 0 Å². The number of ether oxygens (including phenoxy) is 4. The molecule has 1 fully saturated rings. The minimum Gasteiger partial charge on any atom is -0.493 e. The molecule has 33 heavy (non-hydrogen) atoms. The highest BCUT2D eigenvalue weighted by molar-refractivity contribution is 5.94. The van der Waals surface area contributed by atoms with Crippen molar-refractivity contribution in [1.29, 1.82) is 0 Å². The van der Waals surface area contributed by atoms with E-state index < -0.39 is 5.41 Å². The van der Waals surface area contributed by atoms with Crippen molar-refractivity contribution in [3.8, 4) is 34.3 Å². The first-order valence-corrected chi connectivity index (χ1v) is 11.8. The van der Waals surface area contributed by atoms with E-state index in [1.807, 2.05) is 19.1 Å². The van der Waals surface area contributed by atoms with Gasteiger partial charge in [0.25, 0.3) is 0 Å². The lowest BCUT2D eigenvalue weighted by Gasteiger charge is -2.31. The zero-order chi connectivity index (χ0) is 22.6. The van der Waals surface area contributed by atoms with Gasteiger partial charge in [-0.25, -0.2) is 0 Å². The number of rotatable bonds is 3. The number of hydrogen-bond acceptors (Lipinski definition) is 5. The summed E-state index contributed by atoms with van der Waals surface area (Å²) in [6.45, 7) is 3.13. The fraction of sp³-hybridized carbons (Fsp3) is 0.407. The molecule has 0 spiro atoms. The summed E-state index contributed by atoms with van der Waals surface area (Å²) in [5, 5.41) is 1.89. The van der Waals surface area contributed by atoms with Gasteiger partial charge in [0.05, 0.1) is 23.5 Å². The third-order valence-corrected chi connectivity index (χ3v) is 7.44. The topological polar surface area (TPSA) is 57.9 Å². The van der Waals surface area contributed by atoms with Gasteiger partial charge in [0.2, 0.25) is 12.5 Å². The molecule has 0 unspecified atom stereocenters. The highest BCUT2D eigenvalue weighted by atomic mass is 16.7. The van der Waals surface area contributed by atoms with E-state index in [1.54, 1.807) is 7.11 Å². The Morgan fingerprint density at radius 1 is 1.06 bits per heavy atom. The molecule has 1 aliphatic carbocycles. The third kappa shape index (κ3) is 3.31. The maximum absolute atomic E-state index is 13.3. The molecule has 0 radical (unpaired) electrons. The highest BCUT2D eigenvalue weighted by Crippen LogP contribution is 2.43. The summed E-state index contributed by atoms with van der Waals surface area (Å²) in [6.07, 6.45) is 8.05. The molecule has 0 amide bonds. The molecule has 170 valence electrons. The second-order valence-electron chi connectivity index (χ2n) is 9.58. The van der Waals surface area contributed by atoms with Gasteiger partial charge in [-0.05, 0) is 55.0 Å². The Balaban J connectivity index is 1.45. The minimum atomic E-state index is -0.436. The van der Waals surface area contributed by atoms with Gasteiger partial charge in [-0.2, -0.15) is 4.57 Å². The smallest absolute Gasteiger partial charge is 0.317 e. The van der Waals surface area contributed by atoms with Crippen molar-refractivity contribution in [2.45, 2.75) is 52.0 Å². The molecule has 3 heterocycles. The Bertz CT molecular complexity index is 1280. The molecule has 0 N–H and O–H groups in total. The molecule has 6 rings (SSSR count). The summed E-state index contributed by atoms with van der Waals surface area (Å²) in [7, 11) is 1.62. The van der Waals surface area contributed by atoms with E-state index in [9.17, 15) is 4.79 Å². The molecular formula is C27H28NO5+. The second-order valence-corrected chi connectivity index (χ2v) is 9.58. The number of carbonyl (C=O) groups is 1. The van der Waals surface area contributed by atoms with Gasteiger partial charge < -0.3 is 18.9 Å². The molecule has 2 aromatic carbocycles. The Labute approximate surface area is 193 Å². The summed E-state index contributed by atoms with van der Waals surface area (Å²) in [5.74, 6) is 2.54. The van der Waals surface area contributed by atoms with Gasteiger partial charge in [-0.15, -0.1) is 0 Å². The Kier molecular flexibility index (Phi) is 4.71. The van der Waals surface area contributed by atoms with Crippen LogP contribution >= 0.6 is 0 Å². The predicted molar refractivity (Wildman–Crippen MR) is 123 cm³/mol. The van der Waals surface area contributed by atoms with E-state index in [0.29, 0.717) is 11.5 Å². The largest absolute Gasteiger partial charge is 0.493 e. The van der Waals surface area contributed by atoms with Gasteiger partial charge >= 0.3 is 5.97 Å².